The van der Waals surface area contributed by atoms with E-state index < -0.39 is 0 Å². The lowest BCUT2D eigenvalue weighted by Gasteiger charge is -1.87. The van der Waals surface area contributed by atoms with Gasteiger partial charge in [-0.1, -0.05) is 11.2 Å². The van der Waals surface area contributed by atoms with Crippen molar-refractivity contribution in [3.8, 4) is 17.6 Å². The zero-order chi connectivity index (χ0) is 11.0. The fourth-order valence-electron chi connectivity index (χ4n) is 1.58. The smallest absolute Gasteiger partial charge is 0.160 e. The molecule has 0 spiro atoms. The Bertz CT molecular complexity index is 676. The van der Waals surface area contributed by atoms with Crippen molar-refractivity contribution in [1.29, 1.82) is 5.26 Å². The van der Waals surface area contributed by atoms with Gasteiger partial charge in [-0.2, -0.15) is 5.26 Å². The molecule has 1 aromatic carbocycles. The molecule has 3 aromatic rings. The quantitative estimate of drug-likeness (QED) is 0.667. The minimum Gasteiger partial charge on any atom is -0.364 e. The molecule has 0 bridgehead atoms. The van der Waals surface area contributed by atoms with Gasteiger partial charge in [0.25, 0.3) is 0 Å². The molecular formula is C11H6N4O. The van der Waals surface area contributed by atoms with Crippen LogP contribution in [0.1, 0.15) is 5.56 Å². The van der Waals surface area contributed by atoms with Gasteiger partial charge in [-0.05, 0) is 12.1 Å². The topological polar surface area (TPSA) is 78.5 Å². The van der Waals surface area contributed by atoms with E-state index >= 15 is 0 Å². The molecular weight excluding hydrogens is 204 g/mol. The highest BCUT2D eigenvalue weighted by atomic mass is 16.5. The van der Waals surface area contributed by atoms with Crippen molar-refractivity contribution in [3.05, 3.63) is 36.1 Å². The number of aromatic amines is 1. The summed E-state index contributed by atoms with van der Waals surface area (Å²) in [5.74, 6) is 0.603. The van der Waals surface area contributed by atoms with Crippen molar-refractivity contribution < 1.29 is 4.52 Å². The van der Waals surface area contributed by atoms with E-state index in [0.29, 0.717) is 22.6 Å². The van der Waals surface area contributed by atoms with Gasteiger partial charge in [-0.15, -0.1) is 0 Å². The fraction of sp³-hybridized carbons (Fsp3) is 0. The van der Waals surface area contributed by atoms with E-state index in [2.05, 4.69) is 21.2 Å². The summed E-state index contributed by atoms with van der Waals surface area (Å²) in [5.41, 5.74) is 2.64. The first-order valence-corrected chi connectivity index (χ1v) is 4.68. The molecule has 0 saturated heterocycles. The van der Waals surface area contributed by atoms with Gasteiger partial charge in [0, 0.05) is 6.07 Å². The van der Waals surface area contributed by atoms with Crippen LogP contribution in [-0.2, 0) is 0 Å². The monoisotopic (exact) mass is 210 g/mol. The van der Waals surface area contributed by atoms with E-state index in [4.69, 9.17) is 9.78 Å². The highest BCUT2D eigenvalue weighted by Crippen LogP contribution is 2.21. The Balaban J connectivity index is 2.28. The summed E-state index contributed by atoms with van der Waals surface area (Å²) >= 11 is 0. The van der Waals surface area contributed by atoms with Crippen molar-refractivity contribution >= 4 is 11.0 Å². The molecule has 2 heterocycles. The van der Waals surface area contributed by atoms with Crippen LogP contribution < -0.4 is 0 Å². The average Bonchev–Trinajstić information content (AvgIpc) is 2.96. The first-order valence-electron chi connectivity index (χ1n) is 4.68. The summed E-state index contributed by atoms with van der Waals surface area (Å²) < 4.78 is 4.75. The zero-order valence-corrected chi connectivity index (χ0v) is 8.14. The summed E-state index contributed by atoms with van der Waals surface area (Å²) in [6.07, 6.45) is 1.48. The lowest BCUT2D eigenvalue weighted by Crippen LogP contribution is -1.79. The minimum absolute atomic E-state index is 0.545. The van der Waals surface area contributed by atoms with Crippen LogP contribution in [0.4, 0.5) is 0 Å². The third-order valence-corrected chi connectivity index (χ3v) is 2.31. The Morgan fingerprint density at radius 3 is 3.00 bits per heavy atom. The van der Waals surface area contributed by atoms with Crippen molar-refractivity contribution in [1.82, 2.24) is 15.1 Å². The van der Waals surface area contributed by atoms with Crippen LogP contribution in [0, 0.1) is 11.3 Å². The molecule has 0 atom stereocenters. The van der Waals surface area contributed by atoms with E-state index in [9.17, 15) is 0 Å². The van der Waals surface area contributed by atoms with E-state index in [-0.39, 0.29) is 0 Å². The molecule has 2 aromatic heterocycles. The van der Waals surface area contributed by atoms with Crippen LogP contribution in [-0.4, -0.2) is 15.1 Å². The second kappa shape index (κ2) is 3.21. The van der Waals surface area contributed by atoms with E-state index in [1.54, 1.807) is 12.1 Å². The van der Waals surface area contributed by atoms with Gasteiger partial charge < -0.3 is 9.51 Å². The molecule has 0 aliphatic heterocycles. The van der Waals surface area contributed by atoms with Gasteiger partial charge in [-0.25, -0.2) is 4.98 Å². The number of hydrogen-bond acceptors (Lipinski definition) is 4. The number of nitrogens with one attached hydrogen (secondary N) is 1. The maximum Gasteiger partial charge on any atom is 0.160 e. The molecule has 0 saturated carbocycles. The summed E-state index contributed by atoms with van der Waals surface area (Å²) in [6, 6.07) is 9.23. The predicted octanol–water partition coefficient (Wildman–Crippen LogP) is 2.09. The molecule has 0 fully saturated rings. The van der Waals surface area contributed by atoms with E-state index in [0.717, 1.165) is 5.52 Å². The highest BCUT2D eigenvalue weighted by molar-refractivity contribution is 5.83. The number of benzene rings is 1. The van der Waals surface area contributed by atoms with Gasteiger partial charge in [0.15, 0.2) is 5.82 Å². The molecule has 0 amide bonds. The number of H-pyrrole nitrogens is 1. The second-order valence-corrected chi connectivity index (χ2v) is 3.28. The van der Waals surface area contributed by atoms with E-state index in [1.165, 1.54) is 6.26 Å². The number of para-hydroxylation sites is 1. The minimum atomic E-state index is 0.545. The lowest BCUT2D eigenvalue weighted by atomic mass is 10.2. The van der Waals surface area contributed by atoms with Crippen LogP contribution in [0.25, 0.3) is 22.6 Å². The Kier molecular flexibility index (Phi) is 1.74. The molecule has 16 heavy (non-hydrogen) atoms. The first kappa shape index (κ1) is 8.68. The number of aromatic nitrogens is 3. The Labute approximate surface area is 90.3 Å². The summed E-state index contributed by atoms with van der Waals surface area (Å²) in [6.45, 7) is 0. The average molecular weight is 210 g/mol. The molecule has 0 aliphatic rings. The van der Waals surface area contributed by atoms with Crippen LogP contribution in [0.15, 0.2) is 35.1 Å². The lowest BCUT2D eigenvalue weighted by molar-refractivity contribution is 0.422. The first-order chi connectivity index (χ1) is 7.88. The van der Waals surface area contributed by atoms with Gasteiger partial charge in [-0.3, -0.25) is 0 Å². The number of rotatable bonds is 1. The van der Waals surface area contributed by atoms with Gasteiger partial charge in [0.2, 0.25) is 0 Å². The molecule has 5 heteroatoms. The Morgan fingerprint density at radius 1 is 1.31 bits per heavy atom. The van der Waals surface area contributed by atoms with E-state index in [1.807, 2.05) is 12.1 Å². The number of fused-ring (bicyclic) bond motifs is 1. The van der Waals surface area contributed by atoms with Crippen LogP contribution in [0.5, 0.6) is 0 Å². The number of imidazole rings is 1. The van der Waals surface area contributed by atoms with Gasteiger partial charge in [0.1, 0.15) is 23.5 Å². The molecule has 0 aliphatic carbocycles. The Hall–Kier alpha value is -2.61. The molecule has 5 nitrogen and oxygen atoms in total. The standard InChI is InChI=1S/C11H6N4O/c12-6-7-2-1-3-8-10(7)14-11(13-8)9-4-5-16-15-9/h1-5H,(H,13,14). The zero-order valence-electron chi connectivity index (χ0n) is 8.14. The molecule has 0 unspecified atom stereocenters. The predicted molar refractivity (Wildman–Crippen MR) is 56.3 cm³/mol. The van der Waals surface area contributed by atoms with Crippen LogP contribution in [0.3, 0.4) is 0 Å². The largest absolute Gasteiger partial charge is 0.364 e. The highest BCUT2D eigenvalue weighted by Gasteiger charge is 2.09. The van der Waals surface area contributed by atoms with Gasteiger partial charge in [0.05, 0.1) is 11.1 Å². The Morgan fingerprint density at radius 2 is 2.25 bits per heavy atom. The molecule has 0 radical (unpaired) electrons. The van der Waals surface area contributed by atoms with Crippen LogP contribution >= 0.6 is 0 Å². The number of nitrogens with zero attached hydrogens (tertiary/aromatic N) is 3. The molecule has 76 valence electrons. The third-order valence-electron chi connectivity index (χ3n) is 2.31. The summed E-state index contributed by atoms with van der Waals surface area (Å²) in [5, 5.41) is 12.7. The number of hydrogen-bond donors (Lipinski definition) is 1. The van der Waals surface area contributed by atoms with Crippen LogP contribution in [0.2, 0.25) is 0 Å². The fourth-order valence-corrected chi connectivity index (χ4v) is 1.58. The van der Waals surface area contributed by atoms with Crippen molar-refractivity contribution in [3.63, 3.8) is 0 Å². The maximum atomic E-state index is 8.94. The summed E-state index contributed by atoms with van der Waals surface area (Å²) in [4.78, 5) is 7.41. The maximum absolute atomic E-state index is 8.94. The van der Waals surface area contributed by atoms with Crippen molar-refractivity contribution in [2.45, 2.75) is 0 Å². The number of nitriles is 1. The van der Waals surface area contributed by atoms with Crippen molar-refractivity contribution in [2.75, 3.05) is 0 Å². The summed E-state index contributed by atoms with van der Waals surface area (Å²) in [7, 11) is 0. The molecule has 3 rings (SSSR count). The third kappa shape index (κ3) is 1.17. The second-order valence-electron chi connectivity index (χ2n) is 3.28. The SMILES string of the molecule is N#Cc1cccc2[nH]c(-c3ccon3)nc12. The normalized spacial score (nSPS) is 10.4. The van der Waals surface area contributed by atoms with Gasteiger partial charge >= 0.3 is 0 Å². The van der Waals surface area contributed by atoms with Crippen molar-refractivity contribution in [2.24, 2.45) is 0 Å². The molecule has 1 N–H and O–H groups in total.